The molecule has 0 atom stereocenters. The van der Waals surface area contributed by atoms with E-state index >= 15 is 0 Å². The quantitative estimate of drug-likeness (QED) is 0.749. The van der Waals surface area contributed by atoms with E-state index in [1.54, 1.807) is 24.5 Å². The lowest BCUT2D eigenvalue weighted by atomic mass is 10.1. The Morgan fingerprint density at radius 1 is 1.19 bits per heavy atom. The molecule has 2 aromatic carbocycles. The monoisotopic (exact) mass is 344 g/mol. The molecule has 1 amide bonds. The molecule has 0 aliphatic heterocycles. The number of amides is 1. The van der Waals surface area contributed by atoms with Crippen molar-refractivity contribution in [3.8, 4) is 0 Å². The van der Waals surface area contributed by atoms with Gasteiger partial charge in [0.2, 0.25) is 0 Å². The number of nitrogens with zero attached hydrogens (tertiary/aromatic N) is 1. The van der Waals surface area contributed by atoms with E-state index in [2.05, 4.69) is 26.2 Å². The minimum absolute atomic E-state index is 0.261. The van der Waals surface area contributed by atoms with Crippen molar-refractivity contribution in [3.05, 3.63) is 70.7 Å². The first-order chi connectivity index (χ1) is 10.1. The van der Waals surface area contributed by atoms with Crippen molar-refractivity contribution in [2.75, 3.05) is 5.32 Å². The number of halogens is 2. The van der Waals surface area contributed by atoms with Gasteiger partial charge in [0.05, 0.1) is 10.2 Å². The number of carbonyl (C=O) groups excluding carboxylic acids is 1. The van der Waals surface area contributed by atoms with E-state index in [0.717, 1.165) is 10.8 Å². The summed E-state index contributed by atoms with van der Waals surface area (Å²) in [6.45, 7) is 0. The molecular weight excluding hydrogens is 335 g/mol. The fourth-order valence-electron chi connectivity index (χ4n) is 2.05. The summed E-state index contributed by atoms with van der Waals surface area (Å²) in [6.07, 6.45) is 3.38. The summed E-state index contributed by atoms with van der Waals surface area (Å²) in [7, 11) is 0. The Morgan fingerprint density at radius 3 is 2.86 bits per heavy atom. The lowest BCUT2D eigenvalue weighted by Gasteiger charge is -2.08. The van der Waals surface area contributed by atoms with E-state index in [4.69, 9.17) is 0 Å². The highest BCUT2D eigenvalue weighted by Crippen LogP contribution is 2.23. The highest BCUT2D eigenvalue weighted by atomic mass is 79.9. The maximum Gasteiger partial charge on any atom is 0.255 e. The molecule has 0 saturated carbocycles. The van der Waals surface area contributed by atoms with E-state index < -0.39 is 5.82 Å². The zero-order valence-electron chi connectivity index (χ0n) is 10.8. The Balaban J connectivity index is 1.94. The molecule has 0 fully saturated rings. The van der Waals surface area contributed by atoms with Gasteiger partial charge in [0.1, 0.15) is 5.82 Å². The van der Waals surface area contributed by atoms with Gasteiger partial charge in [-0.3, -0.25) is 9.78 Å². The summed E-state index contributed by atoms with van der Waals surface area (Å²) >= 11 is 3.06. The normalized spacial score (nSPS) is 10.6. The van der Waals surface area contributed by atoms with Crippen molar-refractivity contribution < 1.29 is 9.18 Å². The topological polar surface area (TPSA) is 42.0 Å². The van der Waals surface area contributed by atoms with Crippen molar-refractivity contribution in [3.63, 3.8) is 0 Å². The van der Waals surface area contributed by atoms with Crippen molar-refractivity contribution in [2.45, 2.75) is 0 Å². The summed E-state index contributed by atoms with van der Waals surface area (Å²) in [4.78, 5) is 16.3. The van der Waals surface area contributed by atoms with Crippen LogP contribution in [0.15, 0.2) is 59.3 Å². The van der Waals surface area contributed by atoms with E-state index in [0.29, 0.717) is 10.2 Å². The molecule has 1 heterocycles. The lowest BCUT2D eigenvalue weighted by molar-refractivity contribution is 0.102. The highest BCUT2D eigenvalue weighted by Gasteiger charge is 2.10. The van der Waals surface area contributed by atoms with Crippen LogP contribution in [0, 0.1) is 5.82 Å². The lowest BCUT2D eigenvalue weighted by Crippen LogP contribution is -2.12. The molecule has 0 bridgehead atoms. The molecule has 0 radical (unpaired) electrons. The van der Waals surface area contributed by atoms with Crippen LogP contribution in [0.25, 0.3) is 10.8 Å². The third kappa shape index (κ3) is 2.78. The van der Waals surface area contributed by atoms with Crippen molar-refractivity contribution >= 4 is 38.3 Å². The van der Waals surface area contributed by atoms with Crippen molar-refractivity contribution in [2.24, 2.45) is 0 Å². The number of aromatic nitrogens is 1. The van der Waals surface area contributed by atoms with Crippen LogP contribution in [0.4, 0.5) is 10.1 Å². The summed E-state index contributed by atoms with van der Waals surface area (Å²) in [6, 6.07) is 11.7. The second-order valence-corrected chi connectivity index (χ2v) is 5.34. The number of nitrogens with one attached hydrogen (secondary N) is 1. The van der Waals surface area contributed by atoms with Gasteiger partial charge >= 0.3 is 0 Å². The minimum atomic E-state index is -0.470. The molecule has 104 valence electrons. The van der Waals surface area contributed by atoms with E-state index in [9.17, 15) is 9.18 Å². The molecule has 1 aromatic heterocycles. The van der Waals surface area contributed by atoms with Gasteiger partial charge in [0.15, 0.2) is 0 Å². The molecule has 0 saturated heterocycles. The molecule has 3 nitrogen and oxygen atoms in total. The first kappa shape index (κ1) is 13.7. The third-order valence-electron chi connectivity index (χ3n) is 3.11. The van der Waals surface area contributed by atoms with Gasteiger partial charge in [0.25, 0.3) is 5.91 Å². The minimum Gasteiger partial charge on any atom is -0.321 e. The molecule has 1 N–H and O–H groups in total. The van der Waals surface area contributed by atoms with Gasteiger partial charge < -0.3 is 5.32 Å². The Hall–Kier alpha value is -2.27. The predicted octanol–water partition coefficient (Wildman–Crippen LogP) is 4.39. The second-order valence-electron chi connectivity index (χ2n) is 4.49. The standard InChI is InChI=1S/C16H10BrFN2O/c17-13-5-4-11(8-14(13)18)16(21)20-15-3-1-2-10-6-7-19-9-12(10)15/h1-9H,(H,20,21). The van der Waals surface area contributed by atoms with E-state index in [1.165, 1.54) is 12.1 Å². The fourth-order valence-corrected chi connectivity index (χ4v) is 2.30. The summed E-state index contributed by atoms with van der Waals surface area (Å²) < 4.78 is 13.8. The number of benzene rings is 2. The zero-order valence-corrected chi connectivity index (χ0v) is 12.4. The summed E-state index contributed by atoms with van der Waals surface area (Å²) in [5.74, 6) is -0.833. The van der Waals surface area contributed by atoms with Crippen LogP contribution in [0.3, 0.4) is 0 Å². The van der Waals surface area contributed by atoms with Crippen LogP contribution in [0.2, 0.25) is 0 Å². The Morgan fingerprint density at radius 2 is 2.05 bits per heavy atom. The zero-order chi connectivity index (χ0) is 14.8. The molecular formula is C16H10BrFN2O. The van der Waals surface area contributed by atoms with E-state index in [1.807, 2.05) is 18.2 Å². The van der Waals surface area contributed by atoms with Crippen LogP contribution in [0.5, 0.6) is 0 Å². The van der Waals surface area contributed by atoms with Gasteiger partial charge in [-0.2, -0.15) is 0 Å². The number of anilines is 1. The summed E-state index contributed by atoms with van der Waals surface area (Å²) in [5.41, 5.74) is 0.908. The number of rotatable bonds is 2. The Labute approximate surface area is 128 Å². The fraction of sp³-hybridized carbons (Fsp3) is 0. The van der Waals surface area contributed by atoms with E-state index in [-0.39, 0.29) is 11.5 Å². The number of pyridine rings is 1. The van der Waals surface area contributed by atoms with Crippen LogP contribution in [-0.2, 0) is 0 Å². The average molecular weight is 345 g/mol. The number of fused-ring (bicyclic) bond motifs is 1. The largest absolute Gasteiger partial charge is 0.321 e. The predicted molar refractivity (Wildman–Crippen MR) is 83.8 cm³/mol. The molecule has 0 aliphatic carbocycles. The Bertz CT molecular complexity index is 830. The first-order valence-electron chi connectivity index (χ1n) is 6.24. The van der Waals surface area contributed by atoms with Gasteiger partial charge in [-0.05, 0) is 51.6 Å². The molecule has 0 aliphatic rings. The van der Waals surface area contributed by atoms with Gasteiger partial charge in [-0.25, -0.2) is 4.39 Å². The van der Waals surface area contributed by atoms with Crippen LogP contribution < -0.4 is 5.32 Å². The first-order valence-corrected chi connectivity index (χ1v) is 7.03. The molecule has 3 rings (SSSR count). The number of hydrogen-bond acceptors (Lipinski definition) is 2. The molecule has 3 aromatic rings. The molecule has 21 heavy (non-hydrogen) atoms. The Kier molecular flexibility index (Phi) is 3.66. The maximum atomic E-state index is 13.5. The third-order valence-corrected chi connectivity index (χ3v) is 3.76. The van der Waals surface area contributed by atoms with Gasteiger partial charge in [-0.15, -0.1) is 0 Å². The average Bonchev–Trinajstić information content (AvgIpc) is 2.50. The summed E-state index contributed by atoms with van der Waals surface area (Å²) in [5, 5.41) is 4.60. The molecule has 5 heteroatoms. The SMILES string of the molecule is O=C(Nc1cccc2ccncc12)c1ccc(Br)c(F)c1. The van der Waals surface area contributed by atoms with Gasteiger partial charge in [0, 0.05) is 23.3 Å². The molecule has 0 spiro atoms. The van der Waals surface area contributed by atoms with Crippen LogP contribution >= 0.6 is 15.9 Å². The van der Waals surface area contributed by atoms with Gasteiger partial charge in [-0.1, -0.05) is 12.1 Å². The number of hydrogen-bond donors (Lipinski definition) is 1. The number of carbonyl (C=O) groups is 1. The maximum absolute atomic E-state index is 13.5. The van der Waals surface area contributed by atoms with Crippen LogP contribution in [0.1, 0.15) is 10.4 Å². The highest BCUT2D eigenvalue weighted by molar-refractivity contribution is 9.10. The van der Waals surface area contributed by atoms with Crippen LogP contribution in [-0.4, -0.2) is 10.9 Å². The van der Waals surface area contributed by atoms with Crippen molar-refractivity contribution in [1.29, 1.82) is 0 Å². The second kappa shape index (κ2) is 5.61. The van der Waals surface area contributed by atoms with Crippen molar-refractivity contribution in [1.82, 2.24) is 4.98 Å². The molecule has 0 unspecified atom stereocenters. The smallest absolute Gasteiger partial charge is 0.255 e.